The molecule has 0 bridgehead atoms. The SMILES string of the molecule is CC(C)(C)[Si](C)(C)Cl.CCc1cc(C)cc(Br)c1. The molecule has 1 aromatic rings. The van der Waals surface area contributed by atoms with Crippen molar-refractivity contribution in [2.45, 2.75) is 59.2 Å². The van der Waals surface area contributed by atoms with Crippen molar-refractivity contribution >= 4 is 34.4 Å². The van der Waals surface area contributed by atoms with Crippen LogP contribution in [0.5, 0.6) is 0 Å². The highest BCUT2D eigenvalue weighted by atomic mass is 79.9. The molecule has 1 aromatic carbocycles. The van der Waals surface area contributed by atoms with Crippen molar-refractivity contribution in [1.29, 1.82) is 0 Å². The summed E-state index contributed by atoms with van der Waals surface area (Å²) < 4.78 is 1.18. The zero-order valence-corrected chi connectivity index (χ0v) is 16.0. The molecular formula is C15H26BrClSi. The predicted octanol–water partition coefficient (Wildman–Crippen LogP) is 6.55. The number of rotatable bonds is 1. The third-order valence-corrected chi connectivity index (χ3v) is 9.02. The fourth-order valence-corrected chi connectivity index (χ4v) is 1.67. The van der Waals surface area contributed by atoms with Gasteiger partial charge in [-0.15, -0.1) is 0 Å². The van der Waals surface area contributed by atoms with E-state index in [9.17, 15) is 0 Å². The van der Waals surface area contributed by atoms with Crippen LogP contribution < -0.4 is 0 Å². The summed E-state index contributed by atoms with van der Waals surface area (Å²) in [5.74, 6) is 0. The van der Waals surface area contributed by atoms with Gasteiger partial charge < -0.3 is 0 Å². The summed E-state index contributed by atoms with van der Waals surface area (Å²) in [7, 11) is -1.39. The topological polar surface area (TPSA) is 0 Å². The molecule has 0 unspecified atom stereocenters. The minimum atomic E-state index is -1.39. The van der Waals surface area contributed by atoms with Gasteiger partial charge in [-0.05, 0) is 41.6 Å². The van der Waals surface area contributed by atoms with Crippen LogP contribution in [0.25, 0.3) is 0 Å². The molecule has 0 aliphatic heterocycles. The first-order valence-corrected chi connectivity index (χ1v) is 11.2. The molecule has 0 spiro atoms. The zero-order valence-electron chi connectivity index (χ0n) is 12.7. The van der Waals surface area contributed by atoms with Gasteiger partial charge in [-0.25, -0.2) is 0 Å². The third-order valence-electron chi connectivity index (χ3n) is 3.29. The first-order valence-electron chi connectivity index (χ1n) is 6.42. The van der Waals surface area contributed by atoms with Gasteiger partial charge in [-0.1, -0.05) is 62.8 Å². The van der Waals surface area contributed by atoms with E-state index in [1.807, 2.05) is 0 Å². The average molecular weight is 350 g/mol. The van der Waals surface area contributed by atoms with E-state index in [1.165, 1.54) is 15.6 Å². The van der Waals surface area contributed by atoms with Crippen LogP contribution in [0, 0.1) is 6.92 Å². The summed E-state index contributed by atoms with van der Waals surface area (Å²) in [4.78, 5) is 0. The standard InChI is InChI=1S/C9H11Br.C6H15ClSi/c1-3-8-4-7(2)5-9(10)6-8;1-6(2,3)8(4,5)7/h4-6H,3H2,1-2H3;1-5H3. The Hall–Kier alpha value is 0.207. The van der Waals surface area contributed by atoms with Gasteiger partial charge in [0.1, 0.15) is 0 Å². The zero-order chi connectivity index (χ0) is 14.6. The minimum absolute atomic E-state index is 0.342. The summed E-state index contributed by atoms with van der Waals surface area (Å²) in [6, 6.07) is 6.50. The fraction of sp³-hybridized carbons (Fsp3) is 0.600. The number of hydrogen-bond acceptors (Lipinski definition) is 0. The van der Waals surface area contributed by atoms with Gasteiger partial charge in [-0.3, -0.25) is 0 Å². The molecule has 0 nitrogen and oxygen atoms in total. The minimum Gasteiger partial charge on any atom is -0.167 e. The second kappa shape index (κ2) is 7.11. The Labute approximate surface area is 127 Å². The van der Waals surface area contributed by atoms with E-state index in [0.717, 1.165) is 6.42 Å². The Morgan fingerprint density at radius 3 is 1.89 bits per heavy atom. The Bertz CT molecular complexity index is 343. The summed E-state index contributed by atoms with van der Waals surface area (Å²) in [6.07, 6.45) is 1.11. The normalized spacial score (nSPS) is 11.8. The largest absolute Gasteiger partial charge is 0.167 e. The van der Waals surface area contributed by atoms with E-state index in [4.69, 9.17) is 11.1 Å². The van der Waals surface area contributed by atoms with Gasteiger partial charge >= 0.3 is 0 Å². The van der Waals surface area contributed by atoms with Gasteiger partial charge in [0.25, 0.3) is 0 Å². The lowest BCUT2D eigenvalue weighted by Gasteiger charge is -2.29. The van der Waals surface area contributed by atoms with E-state index in [0.29, 0.717) is 5.04 Å². The van der Waals surface area contributed by atoms with E-state index in [2.05, 4.69) is 81.8 Å². The van der Waals surface area contributed by atoms with Gasteiger partial charge in [0.2, 0.25) is 0 Å². The molecule has 0 amide bonds. The van der Waals surface area contributed by atoms with Crippen molar-refractivity contribution in [2.75, 3.05) is 0 Å². The van der Waals surface area contributed by atoms with Gasteiger partial charge in [0, 0.05) is 4.47 Å². The van der Waals surface area contributed by atoms with Crippen LogP contribution in [-0.2, 0) is 6.42 Å². The Morgan fingerprint density at radius 1 is 1.17 bits per heavy atom. The number of aryl methyl sites for hydroxylation is 2. The van der Waals surface area contributed by atoms with Crippen molar-refractivity contribution in [2.24, 2.45) is 0 Å². The van der Waals surface area contributed by atoms with Crippen LogP contribution in [0.2, 0.25) is 18.1 Å². The number of hydrogen-bond donors (Lipinski definition) is 0. The molecule has 0 aliphatic rings. The van der Waals surface area contributed by atoms with Crippen molar-refractivity contribution < 1.29 is 0 Å². The van der Waals surface area contributed by atoms with Crippen molar-refractivity contribution in [3.63, 3.8) is 0 Å². The van der Waals surface area contributed by atoms with Crippen LogP contribution in [0.3, 0.4) is 0 Å². The Balaban J connectivity index is 0.000000331. The number of benzene rings is 1. The van der Waals surface area contributed by atoms with Gasteiger partial charge in [0.15, 0.2) is 7.38 Å². The smallest absolute Gasteiger partial charge is 0.155 e. The predicted molar refractivity (Wildman–Crippen MR) is 91.3 cm³/mol. The second-order valence-electron chi connectivity index (χ2n) is 6.21. The van der Waals surface area contributed by atoms with Crippen molar-refractivity contribution in [3.8, 4) is 0 Å². The average Bonchev–Trinajstić information content (AvgIpc) is 2.13. The molecule has 0 fully saturated rings. The Kier molecular flexibility index (Phi) is 7.19. The molecule has 0 atom stereocenters. The molecular weight excluding hydrogens is 324 g/mol. The molecule has 0 saturated carbocycles. The maximum atomic E-state index is 6.15. The fourth-order valence-electron chi connectivity index (χ4n) is 1.02. The highest BCUT2D eigenvalue weighted by Crippen LogP contribution is 2.38. The molecule has 0 saturated heterocycles. The van der Waals surface area contributed by atoms with E-state index in [-0.39, 0.29) is 0 Å². The van der Waals surface area contributed by atoms with Crippen LogP contribution in [0.1, 0.15) is 38.8 Å². The molecule has 0 aliphatic carbocycles. The monoisotopic (exact) mass is 348 g/mol. The molecule has 0 N–H and O–H groups in total. The highest BCUT2D eigenvalue weighted by molar-refractivity contribution is 9.10. The van der Waals surface area contributed by atoms with Gasteiger partial charge in [-0.2, -0.15) is 11.1 Å². The van der Waals surface area contributed by atoms with E-state index >= 15 is 0 Å². The van der Waals surface area contributed by atoms with E-state index < -0.39 is 7.38 Å². The molecule has 18 heavy (non-hydrogen) atoms. The van der Waals surface area contributed by atoms with Crippen LogP contribution in [0.4, 0.5) is 0 Å². The lowest BCUT2D eigenvalue weighted by Crippen LogP contribution is -2.29. The molecule has 0 radical (unpaired) electrons. The maximum Gasteiger partial charge on any atom is 0.155 e. The third kappa shape index (κ3) is 6.96. The lowest BCUT2D eigenvalue weighted by atomic mass is 10.1. The molecule has 104 valence electrons. The molecule has 0 heterocycles. The van der Waals surface area contributed by atoms with Crippen LogP contribution >= 0.6 is 27.0 Å². The van der Waals surface area contributed by atoms with Crippen LogP contribution in [-0.4, -0.2) is 7.38 Å². The summed E-state index contributed by atoms with van der Waals surface area (Å²) >= 11 is 9.60. The number of halogens is 2. The molecule has 0 aromatic heterocycles. The Morgan fingerprint density at radius 2 is 1.61 bits per heavy atom. The van der Waals surface area contributed by atoms with Gasteiger partial charge in [0.05, 0.1) is 0 Å². The first kappa shape index (κ1) is 18.2. The molecule has 1 rings (SSSR count). The summed E-state index contributed by atoms with van der Waals surface area (Å²) in [5, 5.41) is 0.342. The van der Waals surface area contributed by atoms with Crippen molar-refractivity contribution in [1.82, 2.24) is 0 Å². The lowest BCUT2D eigenvalue weighted by molar-refractivity contribution is 0.735. The maximum absolute atomic E-state index is 6.15. The summed E-state index contributed by atoms with van der Waals surface area (Å²) in [6.45, 7) is 15.2. The van der Waals surface area contributed by atoms with Crippen molar-refractivity contribution in [3.05, 3.63) is 33.8 Å². The van der Waals surface area contributed by atoms with Crippen LogP contribution in [0.15, 0.2) is 22.7 Å². The highest BCUT2D eigenvalue weighted by Gasteiger charge is 2.32. The first-order chi connectivity index (χ1) is 7.97. The van der Waals surface area contributed by atoms with E-state index in [1.54, 1.807) is 0 Å². The quantitative estimate of drug-likeness (QED) is 0.398. The second-order valence-corrected chi connectivity index (χ2v) is 14.4. The molecule has 3 heteroatoms. The summed E-state index contributed by atoms with van der Waals surface area (Å²) in [5.41, 5.74) is 2.72.